The van der Waals surface area contributed by atoms with Crippen molar-refractivity contribution < 1.29 is 4.74 Å². The summed E-state index contributed by atoms with van der Waals surface area (Å²) in [6.45, 7) is 2.14. The summed E-state index contributed by atoms with van der Waals surface area (Å²) in [4.78, 5) is 0. The molecule has 0 aromatic heterocycles. The summed E-state index contributed by atoms with van der Waals surface area (Å²) < 4.78 is 5.85. The average molecular weight is 286 g/mol. The van der Waals surface area contributed by atoms with E-state index >= 15 is 0 Å². The smallest absolute Gasteiger partial charge is 0.0733 e. The van der Waals surface area contributed by atoms with E-state index in [0.717, 1.165) is 17.0 Å². The Bertz CT molecular complexity index is 451. The van der Waals surface area contributed by atoms with Crippen molar-refractivity contribution in [1.29, 1.82) is 0 Å². The van der Waals surface area contributed by atoms with Crippen LogP contribution in [0.3, 0.4) is 0 Å². The van der Waals surface area contributed by atoms with Gasteiger partial charge in [0.2, 0.25) is 0 Å². The third-order valence-corrected chi connectivity index (χ3v) is 4.56. The third kappa shape index (κ3) is 2.39. The van der Waals surface area contributed by atoms with Crippen LogP contribution < -0.4 is 5.32 Å². The van der Waals surface area contributed by atoms with Crippen LogP contribution in [0.5, 0.6) is 0 Å². The highest BCUT2D eigenvalue weighted by atomic mass is 35.5. The molecule has 98 valence electrons. The van der Waals surface area contributed by atoms with Crippen molar-refractivity contribution in [2.45, 2.75) is 50.5 Å². The van der Waals surface area contributed by atoms with Crippen LogP contribution in [0.15, 0.2) is 18.2 Å². The lowest BCUT2D eigenvalue weighted by Gasteiger charge is -2.25. The molecule has 0 amide bonds. The summed E-state index contributed by atoms with van der Waals surface area (Å²) in [5, 5.41) is 5.04. The van der Waals surface area contributed by atoms with Crippen LogP contribution >= 0.6 is 23.2 Å². The number of nitrogens with one attached hydrogen (secondary N) is 1. The molecular weight excluding hydrogens is 269 g/mol. The Balaban J connectivity index is 1.69. The van der Waals surface area contributed by atoms with E-state index in [9.17, 15) is 0 Å². The van der Waals surface area contributed by atoms with Crippen molar-refractivity contribution in [3.63, 3.8) is 0 Å². The predicted molar refractivity (Wildman–Crippen MR) is 74.3 cm³/mol. The summed E-state index contributed by atoms with van der Waals surface area (Å²) in [5.74, 6) is 0. The van der Waals surface area contributed by atoms with Crippen LogP contribution in [-0.2, 0) is 4.74 Å². The lowest BCUT2D eigenvalue weighted by atomic mass is 9.94. The van der Waals surface area contributed by atoms with E-state index in [1.54, 1.807) is 6.07 Å². The van der Waals surface area contributed by atoms with E-state index in [1.165, 1.54) is 12.8 Å². The molecule has 0 spiro atoms. The molecule has 0 radical (unpaired) electrons. The zero-order valence-electron chi connectivity index (χ0n) is 10.3. The topological polar surface area (TPSA) is 21.3 Å². The molecule has 4 atom stereocenters. The maximum absolute atomic E-state index is 6.23. The minimum atomic E-state index is 0.225. The van der Waals surface area contributed by atoms with Crippen LogP contribution in [0.25, 0.3) is 0 Å². The minimum Gasteiger partial charge on any atom is -0.373 e. The summed E-state index contributed by atoms with van der Waals surface area (Å²) in [7, 11) is 0. The predicted octanol–water partition coefficient (Wildman–Crippen LogP) is 3.96. The van der Waals surface area contributed by atoms with Crippen LogP contribution in [-0.4, -0.2) is 18.2 Å². The van der Waals surface area contributed by atoms with E-state index in [2.05, 4.69) is 12.2 Å². The van der Waals surface area contributed by atoms with E-state index in [1.807, 2.05) is 12.1 Å². The average Bonchev–Trinajstić information content (AvgIpc) is 2.90. The Hall–Kier alpha value is -0.280. The van der Waals surface area contributed by atoms with Crippen LogP contribution in [0, 0.1) is 0 Å². The van der Waals surface area contributed by atoms with E-state index < -0.39 is 0 Å². The van der Waals surface area contributed by atoms with Gasteiger partial charge in [0, 0.05) is 22.1 Å². The van der Waals surface area contributed by atoms with Gasteiger partial charge < -0.3 is 10.1 Å². The molecule has 18 heavy (non-hydrogen) atoms. The molecule has 1 aromatic rings. The molecule has 2 bridgehead atoms. The van der Waals surface area contributed by atoms with Crippen molar-refractivity contribution in [2.75, 3.05) is 0 Å². The van der Waals surface area contributed by atoms with Gasteiger partial charge in [-0.05, 0) is 43.9 Å². The van der Waals surface area contributed by atoms with Gasteiger partial charge in [0.25, 0.3) is 0 Å². The Morgan fingerprint density at radius 2 is 2.17 bits per heavy atom. The molecule has 4 heteroatoms. The Kier molecular flexibility index (Phi) is 3.55. The molecule has 2 aliphatic rings. The number of hydrogen-bond donors (Lipinski definition) is 1. The molecular formula is C14H17Cl2NO. The van der Waals surface area contributed by atoms with Crippen LogP contribution in [0.2, 0.25) is 10.0 Å². The van der Waals surface area contributed by atoms with Gasteiger partial charge in [-0.1, -0.05) is 29.3 Å². The first-order chi connectivity index (χ1) is 8.63. The van der Waals surface area contributed by atoms with Gasteiger partial charge in [0.05, 0.1) is 12.2 Å². The highest BCUT2D eigenvalue weighted by Gasteiger charge is 2.41. The van der Waals surface area contributed by atoms with Crippen molar-refractivity contribution in [3.05, 3.63) is 33.8 Å². The van der Waals surface area contributed by atoms with E-state index in [4.69, 9.17) is 27.9 Å². The number of fused-ring (bicyclic) bond motifs is 2. The van der Waals surface area contributed by atoms with Gasteiger partial charge in [0.1, 0.15) is 0 Å². The van der Waals surface area contributed by atoms with E-state index in [0.29, 0.717) is 23.3 Å². The fourth-order valence-electron chi connectivity index (χ4n) is 3.08. The normalized spacial score (nSPS) is 31.8. The Labute approximate surface area is 118 Å². The molecule has 2 heterocycles. The fourth-order valence-corrected chi connectivity index (χ4v) is 3.65. The maximum atomic E-state index is 6.23. The number of rotatable bonds is 3. The molecule has 4 unspecified atom stereocenters. The maximum Gasteiger partial charge on any atom is 0.0733 e. The van der Waals surface area contributed by atoms with Crippen LogP contribution in [0.1, 0.15) is 37.8 Å². The summed E-state index contributed by atoms with van der Waals surface area (Å²) in [5.41, 5.74) is 1.10. The zero-order valence-corrected chi connectivity index (χ0v) is 11.8. The Morgan fingerprint density at radius 3 is 2.78 bits per heavy atom. The van der Waals surface area contributed by atoms with Gasteiger partial charge in [-0.3, -0.25) is 0 Å². The number of hydrogen-bond acceptors (Lipinski definition) is 2. The largest absolute Gasteiger partial charge is 0.373 e. The molecule has 2 aliphatic heterocycles. The highest BCUT2D eigenvalue weighted by molar-refractivity contribution is 6.35. The van der Waals surface area contributed by atoms with Crippen molar-refractivity contribution >= 4 is 23.2 Å². The number of benzene rings is 1. The Morgan fingerprint density at radius 1 is 1.33 bits per heavy atom. The number of ether oxygens (including phenoxy) is 1. The summed E-state index contributed by atoms with van der Waals surface area (Å²) >= 11 is 12.2. The molecule has 2 fully saturated rings. The molecule has 3 rings (SSSR count). The first kappa shape index (κ1) is 12.7. The molecule has 1 aromatic carbocycles. The standard InChI is InChI=1S/C14H17Cl2NO/c1-8(11-4-2-9(15)6-12(11)16)17-13-7-10-3-5-14(13)18-10/h2,4,6,8,10,13-14,17H,3,5,7H2,1H3. The monoisotopic (exact) mass is 285 g/mol. The molecule has 1 N–H and O–H groups in total. The first-order valence-electron chi connectivity index (χ1n) is 6.50. The SMILES string of the molecule is CC(NC1CC2CCC1O2)c1ccc(Cl)cc1Cl. The summed E-state index contributed by atoms with van der Waals surface area (Å²) in [6, 6.07) is 6.37. The second-order valence-corrected chi connectivity index (χ2v) is 6.11. The minimum absolute atomic E-state index is 0.225. The van der Waals surface area contributed by atoms with Crippen LogP contribution in [0.4, 0.5) is 0 Å². The second kappa shape index (κ2) is 5.01. The fraction of sp³-hybridized carbons (Fsp3) is 0.571. The third-order valence-electron chi connectivity index (χ3n) is 4.00. The van der Waals surface area contributed by atoms with E-state index in [-0.39, 0.29) is 6.04 Å². The van der Waals surface area contributed by atoms with Gasteiger partial charge >= 0.3 is 0 Å². The lowest BCUT2D eigenvalue weighted by Crippen LogP contribution is -2.39. The first-order valence-corrected chi connectivity index (χ1v) is 7.25. The quantitative estimate of drug-likeness (QED) is 0.908. The van der Waals surface area contributed by atoms with Gasteiger partial charge in [-0.2, -0.15) is 0 Å². The molecule has 0 aliphatic carbocycles. The van der Waals surface area contributed by atoms with Crippen molar-refractivity contribution in [3.8, 4) is 0 Å². The lowest BCUT2D eigenvalue weighted by molar-refractivity contribution is 0.0962. The highest BCUT2D eigenvalue weighted by Crippen LogP contribution is 2.36. The van der Waals surface area contributed by atoms with Crippen molar-refractivity contribution in [1.82, 2.24) is 5.32 Å². The van der Waals surface area contributed by atoms with Gasteiger partial charge in [-0.15, -0.1) is 0 Å². The van der Waals surface area contributed by atoms with Gasteiger partial charge in [0.15, 0.2) is 0 Å². The molecule has 2 nitrogen and oxygen atoms in total. The van der Waals surface area contributed by atoms with Gasteiger partial charge in [-0.25, -0.2) is 0 Å². The zero-order chi connectivity index (χ0) is 12.7. The van der Waals surface area contributed by atoms with Crippen molar-refractivity contribution in [2.24, 2.45) is 0 Å². The summed E-state index contributed by atoms with van der Waals surface area (Å²) in [6.07, 6.45) is 4.40. The molecule has 0 saturated carbocycles. The molecule has 2 saturated heterocycles. The second-order valence-electron chi connectivity index (χ2n) is 5.27. The number of halogens is 2.